The maximum absolute atomic E-state index is 12.7. The standard InChI is InChI=1S/C16H20N2O3/c19-13-8-4-7-12(13)16(21)18-10-9-17-15(20)14(18)11-5-2-1-3-6-11/h1-3,5-6,12-14,19H,4,7-10H2,(H,17,20). The second kappa shape index (κ2) is 5.85. The zero-order valence-corrected chi connectivity index (χ0v) is 11.9. The molecule has 0 radical (unpaired) electrons. The fraction of sp³-hybridized carbons (Fsp3) is 0.500. The molecule has 2 amide bonds. The van der Waals surface area contributed by atoms with Gasteiger partial charge in [0.1, 0.15) is 6.04 Å². The Bertz CT molecular complexity index is 532. The smallest absolute Gasteiger partial charge is 0.247 e. The molecule has 21 heavy (non-hydrogen) atoms. The Balaban J connectivity index is 1.87. The number of aliphatic hydroxyl groups excluding tert-OH is 1. The van der Waals surface area contributed by atoms with Crippen LogP contribution in [0.2, 0.25) is 0 Å². The van der Waals surface area contributed by atoms with Crippen LogP contribution in [0.15, 0.2) is 30.3 Å². The number of hydrogen-bond donors (Lipinski definition) is 2. The minimum atomic E-state index is -0.583. The first-order chi connectivity index (χ1) is 10.2. The van der Waals surface area contributed by atoms with Crippen molar-refractivity contribution in [2.45, 2.75) is 31.4 Å². The molecule has 2 fully saturated rings. The lowest BCUT2D eigenvalue weighted by Crippen LogP contribution is -2.54. The van der Waals surface area contributed by atoms with Crippen LogP contribution in [0, 0.1) is 5.92 Å². The van der Waals surface area contributed by atoms with Crippen molar-refractivity contribution >= 4 is 11.8 Å². The molecular weight excluding hydrogens is 268 g/mol. The Morgan fingerprint density at radius 2 is 2.00 bits per heavy atom. The van der Waals surface area contributed by atoms with E-state index in [9.17, 15) is 14.7 Å². The number of benzene rings is 1. The van der Waals surface area contributed by atoms with Crippen LogP contribution in [-0.2, 0) is 9.59 Å². The van der Waals surface area contributed by atoms with Gasteiger partial charge in [-0.25, -0.2) is 0 Å². The van der Waals surface area contributed by atoms with Gasteiger partial charge in [0, 0.05) is 13.1 Å². The first-order valence-corrected chi connectivity index (χ1v) is 7.49. The first kappa shape index (κ1) is 14.1. The maximum atomic E-state index is 12.7. The van der Waals surface area contributed by atoms with Gasteiger partial charge in [-0.05, 0) is 24.8 Å². The van der Waals surface area contributed by atoms with E-state index in [1.807, 2.05) is 30.3 Å². The summed E-state index contributed by atoms with van der Waals surface area (Å²) in [6.45, 7) is 0.962. The summed E-state index contributed by atoms with van der Waals surface area (Å²) >= 11 is 0. The van der Waals surface area contributed by atoms with Crippen molar-refractivity contribution in [3.63, 3.8) is 0 Å². The third-order valence-electron chi connectivity index (χ3n) is 4.41. The lowest BCUT2D eigenvalue weighted by Gasteiger charge is -2.37. The van der Waals surface area contributed by atoms with Crippen LogP contribution in [-0.4, -0.2) is 41.0 Å². The van der Waals surface area contributed by atoms with Crippen LogP contribution in [0.1, 0.15) is 30.9 Å². The second-order valence-electron chi connectivity index (χ2n) is 5.74. The zero-order valence-electron chi connectivity index (χ0n) is 11.9. The Morgan fingerprint density at radius 1 is 1.24 bits per heavy atom. The highest BCUT2D eigenvalue weighted by molar-refractivity contribution is 5.90. The summed E-state index contributed by atoms with van der Waals surface area (Å²) in [5.74, 6) is -0.598. The first-order valence-electron chi connectivity index (χ1n) is 7.49. The number of carbonyl (C=O) groups excluding carboxylic acids is 2. The summed E-state index contributed by atoms with van der Waals surface area (Å²) in [6.07, 6.45) is 1.68. The summed E-state index contributed by atoms with van der Waals surface area (Å²) in [4.78, 5) is 26.6. The minimum absolute atomic E-state index is 0.0938. The predicted molar refractivity (Wildman–Crippen MR) is 77.3 cm³/mol. The third kappa shape index (κ3) is 2.65. The van der Waals surface area contributed by atoms with E-state index in [1.165, 1.54) is 0 Å². The van der Waals surface area contributed by atoms with Gasteiger partial charge in [0.15, 0.2) is 0 Å². The molecule has 2 N–H and O–H groups in total. The van der Waals surface area contributed by atoms with Gasteiger partial charge in [0.25, 0.3) is 0 Å². The highest BCUT2D eigenvalue weighted by Crippen LogP contribution is 2.31. The van der Waals surface area contributed by atoms with Crippen LogP contribution in [0.25, 0.3) is 0 Å². The number of nitrogens with zero attached hydrogens (tertiary/aromatic N) is 1. The Kier molecular flexibility index (Phi) is 3.92. The summed E-state index contributed by atoms with van der Waals surface area (Å²) in [7, 11) is 0. The molecule has 2 aliphatic rings. The third-order valence-corrected chi connectivity index (χ3v) is 4.41. The molecule has 5 nitrogen and oxygen atoms in total. The zero-order chi connectivity index (χ0) is 14.8. The van der Waals surface area contributed by atoms with Crippen molar-refractivity contribution in [3.05, 3.63) is 35.9 Å². The predicted octanol–water partition coefficient (Wildman–Crippen LogP) is 0.847. The van der Waals surface area contributed by atoms with Crippen LogP contribution in [0.5, 0.6) is 0 Å². The molecule has 0 spiro atoms. The molecule has 1 saturated heterocycles. The van der Waals surface area contributed by atoms with E-state index in [0.29, 0.717) is 25.9 Å². The molecule has 1 aromatic carbocycles. The molecule has 1 heterocycles. The van der Waals surface area contributed by atoms with Gasteiger partial charge in [-0.15, -0.1) is 0 Å². The van der Waals surface area contributed by atoms with Gasteiger partial charge in [-0.2, -0.15) is 0 Å². The maximum Gasteiger partial charge on any atom is 0.247 e. The average molecular weight is 288 g/mol. The van der Waals surface area contributed by atoms with Crippen molar-refractivity contribution in [1.29, 1.82) is 0 Å². The molecular formula is C16H20N2O3. The lowest BCUT2D eigenvalue weighted by atomic mass is 9.98. The fourth-order valence-corrected chi connectivity index (χ4v) is 3.31. The van der Waals surface area contributed by atoms with Gasteiger partial charge < -0.3 is 15.3 Å². The molecule has 112 valence electrons. The highest BCUT2D eigenvalue weighted by atomic mass is 16.3. The summed E-state index contributed by atoms with van der Waals surface area (Å²) in [5.41, 5.74) is 0.815. The monoisotopic (exact) mass is 288 g/mol. The molecule has 0 aromatic heterocycles. The highest BCUT2D eigenvalue weighted by Gasteiger charge is 2.40. The van der Waals surface area contributed by atoms with Crippen molar-refractivity contribution in [1.82, 2.24) is 10.2 Å². The van der Waals surface area contributed by atoms with E-state index < -0.39 is 12.1 Å². The Labute approximate surface area is 123 Å². The normalized spacial score (nSPS) is 29.3. The average Bonchev–Trinajstić information content (AvgIpc) is 2.93. The molecule has 1 aliphatic carbocycles. The van der Waals surface area contributed by atoms with Crippen molar-refractivity contribution < 1.29 is 14.7 Å². The van der Waals surface area contributed by atoms with Crippen LogP contribution >= 0.6 is 0 Å². The molecule has 0 bridgehead atoms. The second-order valence-corrected chi connectivity index (χ2v) is 5.74. The number of rotatable bonds is 2. The molecule has 1 aliphatic heterocycles. The van der Waals surface area contributed by atoms with E-state index in [2.05, 4.69) is 5.32 Å². The van der Waals surface area contributed by atoms with Gasteiger partial charge in [-0.1, -0.05) is 30.3 Å². The van der Waals surface area contributed by atoms with Crippen molar-refractivity contribution in [2.75, 3.05) is 13.1 Å². The van der Waals surface area contributed by atoms with E-state index in [-0.39, 0.29) is 17.7 Å². The summed E-state index contributed by atoms with van der Waals surface area (Å²) in [5, 5.41) is 12.8. The summed E-state index contributed by atoms with van der Waals surface area (Å²) < 4.78 is 0. The quantitative estimate of drug-likeness (QED) is 0.847. The molecule has 1 saturated carbocycles. The van der Waals surface area contributed by atoms with Crippen molar-refractivity contribution in [3.8, 4) is 0 Å². The summed E-state index contributed by atoms with van der Waals surface area (Å²) in [6, 6.07) is 8.76. The van der Waals surface area contributed by atoms with Crippen LogP contribution in [0.4, 0.5) is 0 Å². The number of hydrogen-bond acceptors (Lipinski definition) is 3. The number of amides is 2. The molecule has 1 aromatic rings. The van der Waals surface area contributed by atoms with Crippen LogP contribution in [0.3, 0.4) is 0 Å². The van der Waals surface area contributed by atoms with Gasteiger partial charge in [0.05, 0.1) is 12.0 Å². The fourth-order valence-electron chi connectivity index (χ4n) is 3.31. The van der Waals surface area contributed by atoms with Gasteiger partial charge in [-0.3, -0.25) is 9.59 Å². The Morgan fingerprint density at radius 3 is 2.67 bits per heavy atom. The van der Waals surface area contributed by atoms with Crippen LogP contribution < -0.4 is 5.32 Å². The SMILES string of the molecule is O=C1NCCN(C(=O)C2CCCC2O)C1c1ccccc1. The minimum Gasteiger partial charge on any atom is -0.392 e. The molecule has 3 atom stereocenters. The van der Waals surface area contributed by atoms with E-state index in [1.54, 1.807) is 4.90 Å². The topological polar surface area (TPSA) is 69.6 Å². The Hall–Kier alpha value is -1.88. The molecule has 5 heteroatoms. The van der Waals surface area contributed by atoms with Gasteiger partial charge in [0.2, 0.25) is 11.8 Å². The number of nitrogens with one attached hydrogen (secondary N) is 1. The number of piperazine rings is 1. The van der Waals surface area contributed by atoms with Crippen molar-refractivity contribution in [2.24, 2.45) is 5.92 Å². The number of carbonyl (C=O) groups is 2. The largest absolute Gasteiger partial charge is 0.392 e. The van der Waals surface area contributed by atoms with E-state index in [4.69, 9.17) is 0 Å². The molecule has 3 rings (SSSR count). The van der Waals surface area contributed by atoms with E-state index >= 15 is 0 Å². The number of aliphatic hydroxyl groups is 1. The van der Waals surface area contributed by atoms with Gasteiger partial charge >= 0.3 is 0 Å². The van der Waals surface area contributed by atoms with E-state index in [0.717, 1.165) is 12.0 Å². The lowest BCUT2D eigenvalue weighted by molar-refractivity contribution is -0.148. The molecule has 3 unspecified atom stereocenters.